The van der Waals surface area contributed by atoms with Crippen LogP contribution < -0.4 is 0 Å². The number of Topliss-reactive ketones (excluding diaryl/α,β-unsaturated/α-hetero) is 1. The molecule has 0 aromatic carbocycles. The third kappa shape index (κ3) is 4.43. The number of ketones is 2. The van der Waals surface area contributed by atoms with Gasteiger partial charge in [0.1, 0.15) is 11.3 Å². The quantitative estimate of drug-likeness (QED) is 0.599. The Morgan fingerprint density at radius 2 is 1.73 bits per heavy atom. The van der Waals surface area contributed by atoms with Gasteiger partial charge in [-0.25, -0.2) is 0 Å². The van der Waals surface area contributed by atoms with Crippen molar-refractivity contribution in [1.82, 2.24) is 0 Å². The Kier molecular flexibility index (Phi) is 7.30. The number of hydrogen-bond acceptors (Lipinski definition) is 3. The fourth-order valence-electron chi connectivity index (χ4n) is 2.87. The van der Waals surface area contributed by atoms with Crippen LogP contribution in [0.5, 0.6) is 0 Å². The third-order valence-electron chi connectivity index (χ3n) is 4.35. The highest BCUT2D eigenvalue weighted by molar-refractivity contribution is 6.25. The number of aliphatic hydroxyl groups excluding tert-OH is 1. The maximum absolute atomic E-state index is 12.2. The highest BCUT2D eigenvalue weighted by atomic mass is 16.3. The van der Waals surface area contributed by atoms with Gasteiger partial charge in [-0.1, -0.05) is 44.8 Å². The predicted octanol–water partition coefficient (Wildman–Crippen LogP) is 4.84. The van der Waals surface area contributed by atoms with Gasteiger partial charge in [-0.15, -0.1) is 0 Å². The summed E-state index contributed by atoms with van der Waals surface area (Å²) in [7, 11) is 0. The summed E-state index contributed by atoms with van der Waals surface area (Å²) in [6, 6.07) is 0. The molecule has 0 unspecified atom stereocenters. The summed E-state index contributed by atoms with van der Waals surface area (Å²) in [6.07, 6.45) is 9.53. The second-order valence-corrected chi connectivity index (χ2v) is 5.85. The van der Waals surface area contributed by atoms with E-state index in [1.807, 2.05) is 26.8 Å². The van der Waals surface area contributed by atoms with E-state index in [-0.39, 0.29) is 29.3 Å². The van der Waals surface area contributed by atoms with Gasteiger partial charge in [0.2, 0.25) is 0 Å². The molecule has 1 N–H and O–H groups in total. The van der Waals surface area contributed by atoms with Crippen molar-refractivity contribution in [3.63, 3.8) is 0 Å². The van der Waals surface area contributed by atoms with E-state index in [1.54, 1.807) is 6.92 Å². The highest BCUT2D eigenvalue weighted by Gasteiger charge is 2.27. The first kappa shape index (κ1) is 18.4. The molecule has 2 rings (SSSR count). The van der Waals surface area contributed by atoms with Crippen LogP contribution in [0.15, 0.2) is 34.6 Å². The van der Waals surface area contributed by atoms with Gasteiger partial charge in [0.05, 0.1) is 0 Å². The van der Waals surface area contributed by atoms with Crippen LogP contribution in [-0.2, 0) is 9.59 Å². The van der Waals surface area contributed by atoms with E-state index in [4.69, 9.17) is 0 Å². The molecule has 1 fully saturated rings. The molecule has 0 heterocycles. The second kappa shape index (κ2) is 8.72. The van der Waals surface area contributed by atoms with Gasteiger partial charge in [-0.2, -0.15) is 0 Å². The first-order valence-electron chi connectivity index (χ1n) is 8.36. The average Bonchev–Trinajstić information content (AvgIpc) is 2.54. The molecule has 0 bridgehead atoms. The lowest BCUT2D eigenvalue weighted by Crippen LogP contribution is -2.19. The Hall–Kier alpha value is -1.64. The first-order chi connectivity index (χ1) is 10.5. The summed E-state index contributed by atoms with van der Waals surface area (Å²) in [5, 5.41) is 10.0. The minimum atomic E-state index is -0.357. The number of aliphatic hydroxyl groups is 1. The Labute approximate surface area is 133 Å². The SMILES string of the molecule is CC.CC1=C(C)C(O)=C(C(=O)/C=C/C2CCCCC2)C(=O)C1. The van der Waals surface area contributed by atoms with Gasteiger partial charge in [0, 0.05) is 6.42 Å². The highest BCUT2D eigenvalue weighted by Crippen LogP contribution is 2.28. The lowest BCUT2D eigenvalue weighted by Gasteiger charge is -2.18. The van der Waals surface area contributed by atoms with Gasteiger partial charge in [-0.05, 0) is 44.3 Å². The van der Waals surface area contributed by atoms with Gasteiger partial charge >= 0.3 is 0 Å². The Morgan fingerprint density at radius 1 is 1.14 bits per heavy atom. The summed E-state index contributed by atoms with van der Waals surface area (Å²) in [5.41, 5.74) is 1.44. The van der Waals surface area contributed by atoms with Gasteiger partial charge in [-0.3, -0.25) is 9.59 Å². The predicted molar refractivity (Wildman–Crippen MR) is 89.7 cm³/mol. The lowest BCUT2D eigenvalue weighted by atomic mass is 9.86. The molecule has 2 aliphatic carbocycles. The van der Waals surface area contributed by atoms with Crippen LogP contribution >= 0.6 is 0 Å². The van der Waals surface area contributed by atoms with E-state index in [2.05, 4.69) is 0 Å². The molecular formula is C19H28O3. The summed E-state index contributed by atoms with van der Waals surface area (Å²) < 4.78 is 0. The molecule has 0 atom stereocenters. The Morgan fingerprint density at radius 3 is 2.32 bits per heavy atom. The number of carbonyl (C=O) groups excluding carboxylic acids is 2. The van der Waals surface area contributed by atoms with Crippen molar-refractivity contribution in [3.8, 4) is 0 Å². The van der Waals surface area contributed by atoms with Crippen LogP contribution in [0.2, 0.25) is 0 Å². The van der Waals surface area contributed by atoms with E-state index in [9.17, 15) is 14.7 Å². The van der Waals surface area contributed by atoms with Crippen molar-refractivity contribution < 1.29 is 14.7 Å². The van der Waals surface area contributed by atoms with E-state index in [1.165, 1.54) is 25.3 Å². The zero-order chi connectivity index (χ0) is 16.7. The Bertz CT molecular complexity index is 515. The molecule has 0 aromatic rings. The molecule has 2 aliphatic rings. The monoisotopic (exact) mass is 304 g/mol. The topological polar surface area (TPSA) is 54.4 Å². The maximum Gasteiger partial charge on any atom is 0.192 e. The maximum atomic E-state index is 12.2. The molecule has 3 heteroatoms. The minimum Gasteiger partial charge on any atom is -0.507 e. The van der Waals surface area contributed by atoms with Crippen LogP contribution in [0.1, 0.15) is 66.2 Å². The first-order valence-corrected chi connectivity index (χ1v) is 8.36. The fraction of sp³-hybridized carbons (Fsp3) is 0.579. The summed E-state index contributed by atoms with van der Waals surface area (Å²) in [4.78, 5) is 24.1. The van der Waals surface area contributed by atoms with Crippen molar-refractivity contribution >= 4 is 11.6 Å². The number of allylic oxidation sites excluding steroid dienone is 5. The van der Waals surface area contributed by atoms with Crippen molar-refractivity contribution in [2.24, 2.45) is 5.92 Å². The molecule has 1 saturated carbocycles. The Balaban J connectivity index is 0.00000116. The number of rotatable bonds is 3. The molecule has 3 nitrogen and oxygen atoms in total. The van der Waals surface area contributed by atoms with Gasteiger partial charge < -0.3 is 5.11 Å². The number of hydrogen-bond donors (Lipinski definition) is 1. The minimum absolute atomic E-state index is 0.0415. The van der Waals surface area contributed by atoms with Crippen LogP contribution in [-0.4, -0.2) is 16.7 Å². The van der Waals surface area contributed by atoms with E-state index in [0.717, 1.165) is 18.4 Å². The molecule has 0 radical (unpaired) electrons. The van der Waals surface area contributed by atoms with Crippen LogP contribution in [0.4, 0.5) is 0 Å². The lowest BCUT2D eigenvalue weighted by molar-refractivity contribution is -0.119. The summed E-state index contributed by atoms with van der Waals surface area (Å²) in [5.74, 6) is -0.335. The van der Waals surface area contributed by atoms with Crippen molar-refractivity contribution in [3.05, 3.63) is 34.6 Å². The summed E-state index contributed by atoms with van der Waals surface area (Å²) in [6.45, 7) is 7.55. The van der Waals surface area contributed by atoms with Gasteiger partial charge in [0.15, 0.2) is 11.6 Å². The molecule has 0 aromatic heterocycles. The van der Waals surface area contributed by atoms with Crippen molar-refractivity contribution in [1.29, 1.82) is 0 Å². The standard InChI is InChI=1S/C17H22O3.C2H6/c1-11-10-15(19)16(17(20)12(11)2)14(18)9-8-13-6-4-3-5-7-13;1-2/h8-9,13,20H,3-7,10H2,1-2H3;1-2H3/b9-8+;. The molecule has 0 saturated heterocycles. The van der Waals surface area contributed by atoms with E-state index in [0.29, 0.717) is 11.5 Å². The van der Waals surface area contributed by atoms with E-state index < -0.39 is 0 Å². The van der Waals surface area contributed by atoms with Crippen molar-refractivity contribution in [2.45, 2.75) is 66.2 Å². The van der Waals surface area contributed by atoms with E-state index >= 15 is 0 Å². The third-order valence-corrected chi connectivity index (χ3v) is 4.35. The molecule has 0 amide bonds. The second-order valence-electron chi connectivity index (χ2n) is 5.85. The zero-order valence-electron chi connectivity index (χ0n) is 14.2. The van der Waals surface area contributed by atoms with Gasteiger partial charge in [0.25, 0.3) is 0 Å². The molecule has 0 spiro atoms. The van der Waals surface area contributed by atoms with Crippen LogP contribution in [0, 0.1) is 5.92 Å². The average molecular weight is 304 g/mol. The largest absolute Gasteiger partial charge is 0.507 e. The molecule has 122 valence electrons. The molecular weight excluding hydrogens is 276 g/mol. The molecule has 0 aliphatic heterocycles. The summed E-state index contributed by atoms with van der Waals surface area (Å²) >= 11 is 0. The van der Waals surface area contributed by atoms with Crippen LogP contribution in [0.25, 0.3) is 0 Å². The number of carbonyl (C=O) groups is 2. The van der Waals surface area contributed by atoms with Crippen LogP contribution in [0.3, 0.4) is 0 Å². The van der Waals surface area contributed by atoms with Crippen molar-refractivity contribution in [2.75, 3.05) is 0 Å². The normalized spacial score (nSPS) is 20.3. The fourth-order valence-corrected chi connectivity index (χ4v) is 2.87. The smallest absolute Gasteiger partial charge is 0.192 e. The zero-order valence-corrected chi connectivity index (χ0v) is 14.2. The molecule has 22 heavy (non-hydrogen) atoms.